The highest BCUT2D eigenvalue weighted by Gasteiger charge is 2.10. The first-order chi connectivity index (χ1) is 10.2. The van der Waals surface area contributed by atoms with Crippen molar-refractivity contribution in [3.05, 3.63) is 62.5 Å². The molecule has 112 valence electrons. The number of rotatable bonds is 7. The molecule has 0 bridgehead atoms. The summed E-state index contributed by atoms with van der Waals surface area (Å²) in [6.45, 7) is 4.45. The molecule has 0 saturated carbocycles. The van der Waals surface area contributed by atoms with E-state index < -0.39 is 0 Å². The van der Waals surface area contributed by atoms with Crippen LogP contribution in [0.15, 0.2) is 51.4 Å². The maximum Gasteiger partial charge on any atom is 0.138 e. The van der Waals surface area contributed by atoms with Crippen molar-refractivity contribution in [2.24, 2.45) is 0 Å². The Bertz CT molecular complexity index is 573. The number of benzene rings is 2. The number of nitrogens with one attached hydrogen (secondary N) is 1. The minimum atomic E-state index is 0.728. The second kappa shape index (κ2) is 8.57. The molecule has 0 amide bonds. The maximum absolute atomic E-state index is 5.87. The normalized spacial score (nSPS) is 10.6. The monoisotopic (exact) mass is 411 g/mol. The molecule has 1 N–H and O–H groups in total. The van der Waals surface area contributed by atoms with Crippen molar-refractivity contribution in [3.63, 3.8) is 0 Å². The fraction of sp³-hybridized carbons (Fsp3) is 0.294. The van der Waals surface area contributed by atoms with Crippen LogP contribution in [0.5, 0.6) is 5.75 Å². The van der Waals surface area contributed by atoms with Gasteiger partial charge in [-0.3, -0.25) is 0 Å². The van der Waals surface area contributed by atoms with Gasteiger partial charge in [0.25, 0.3) is 0 Å². The van der Waals surface area contributed by atoms with Crippen LogP contribution in [0.4, 0.5) is 0 Å². The Kier molecular flexibility index (Phi) is 6.74. The molecule has 0 aliphatic heterocycles. The second-order valence-corrected chi connectivity index (χ2v) is 6.58. The molecular weight excluding hydrogens is 394 g/mol. The molecule has 0 radical (unpaired) electrons. The minimum Gasteiger partial charge on any atom is -0.492 e. The third-order valence-electron chi connectivity index (χ3n) is 3.02. The maximum atomic E-state index is 5.87. The van der Waals surface area contributed by atoms with Gasteiger partial charge in [-0.2, -0.15) is 0 Å². The van der Waals surface area contributed by atoms with Crippen LogP contribution in [0, 0.1) is 0 Å². The Hall–Kier alpha value is -0.840. The van der Waals surface area contributed by atoms with Crippen LogP contribution in [0.3, 0.4) is 0 Å². The van der Waals surface area contributed by atoms with E-state index in [1.807, 2.05) is 12.1 Å². The largest absolute Gasteiger partial charge is 0.492 e. The second-order valence-electron chi connectivity index (χ2n) is 4.81. The summed E-state index contributed by atoms with van der Waals surface area (Å²) in [5.74, 6) is 0.931. The number of hydrogen-bond donors (Lipinski definition) is 1. The molecule has 0 heterocycles. The van der Waals surface area contributed by atoms with Crippen molar-refractivity contribution in [1.29, 1.82) is 0 Å². The van der Waals surface area contributed by atoms with Crippen LogP contribution in [-0.2, 0) is 13.1 Å². The molecule has 0 aliphatic carbocycles. The van der Waals surface area contributed by atoms with Crippen LogP contribution in [-0.4, -0.2) is 6.61 Å². The van der Waals surface area contributed by atoms with Crippen LogP contribution in [0.1, 0.15) is 24.5 Å². The number of halogens is 2. The predicted octanol–water partition coefficient (Wildman–Crippen LogP) is 5.29. The van der Waals surface area contributed by atoms with Crippen LogP contribution >= 0.6 is 31.9 Å². The Labute approximate surface area is 143 Å². The first-order valence-electron chi connectivity index (χ1n) is 7.06. The molecule has 0 unspecified atom stereocenters. The Morgan fingerprint density at radius 3 is 2.52 bits per heavy atom. The minimum absolute atomic E-state index is 0.728. The van der Waals surface area contributed by atoms with Crippen molar-refractivity contribution in [3.8, 4) is 5.75 Å². The van der Waals surface area contributed by atoms with Crippen molar-refractivity contribution in [2.75, 3.05) is 6.61 Å². The van der Waals surface area contributed by atoms with Gasteiger partial charge in [0.2, 0.25) is 0 Å². The first-order valence-corrected chi connectivity index (χ1v) is 8.64. The van der Waals surface area contributed by atoms with Gasteiger partial charge in [-0.25, -0.2) is 0 Å². The molecule has 2 aromatic carbocycles. The smallest absolute Gasteiger partial charge is 0.138 e. The average Bonchev–Trinajstić information content (AvgIpc) is 2.47. The van der Waals surface area contributed by atoms with E-state index in [1.165, 1.54) is 5.56 Å². The van der Waals surface area contributed by atoms with Gasteiger partial charge in [0.1, 0.15) is 5.75 Å². The zero-order valence-electron chi connectivity index (χ0n) is 12.0. The molecule has 2 nitrogen and oxygen atoms in total. The summed E-state index contributed by atoms with van der Waals surface area (Å²) in [6, 6.07) is 14.5. The highest BCUT2D eigenvalue weighted by atomic mass is 79.9. The van der Waals surface area contributed by atoms with Crippen LogP contribution in [0.25, 0.3) is 0 Å². The third-order valence-corrected chi connectivity index (χ3v) is 4.07. The van der Waals surface area contributed by atoms with Gasteiger partial charge in [0, 0.05) is 23.1 Å². The molecule has 21 heavy (non-hydrogen) atoms. The SMILES string of the molecule is CCCOc1c(Br)cc(Br)cc1CNCc1ccccc1. The van der Waals surface area contributed by atoms with Crippen molar-refractivity contribution in [1.82, 2.24) is 5.32 Å². The fourth-order valence-electron chi connectivity index (χ4n) is 2.05. The van der Waals surface area contributed by atoms with Gasteiger partial charge >= 0.3 is 0 Å². The number of ether oxygens (including phenoxy) is 1. The molecular formula is C17H19Br2NO. The average molecular weight is 413 g/mol. The van der Waals surface area contributed by atoms with Gasteiger partial charge in [-0.1, -0.05) is 53.2 Å². The van der Waals surface area contributed by atoms with E-state index in [-0.39, 0.29) is 0 Å². The van der Waals surface area contributed by atoms with E-state index in [4.69, 9.17) is 4.74 Å². The van der Waals surface area contributed by atoms with Gasteiger partial charge in [-0.05, 0) is 40.0 Å². The summed E-state index contributed by atoms with van der Waals surface area (Å²) in [7, 11) is 0. The molecule has 0 aromatic heterocycles. The van der Waals surface area contributed by atoms with E-state index in [9.17, 15) is 0 Å². The Balaban J connectivity index is 2.04. The van der Waals surface area contributed by atoms with Crippen LogP contribution in [0.2, 0.25) is 0 Å². The van der Waals surface area contributed by atoms with Crippen molar-refractivity contribution in [2.45, 2.75) is 26.4 Å². The van der Waals surface area contributed by atoms with Crippen molar-refractivity contribution >= 4 is 31.9 Å². The first kappa shape index (κ1) is 16.5. The highest BCUT2D eigenvalue weighted by Crippen LogP contribution is 2.33. The Morgan fingerprint density at radius 2 is 1.81 bits per heavy atom. The van der Waals surface area contributed by atoms with Crippen molar-refractivity contribution < 1.29 is 4.74 Å². The molecule has 0 saturated heterocycles. The summed E-state index contributed by atoms with van der Waals surface area (Å²) >= 11 is 7.12. The lowest BCUT2D eigenvalue weighted by Gasteiger charge is -2.14. The molecule has 0 aliphatic rings. The standard InChI is InChI=1S/C17H19Br2NO/c1-2-8-21-17-14(9-15(18)10-16(17)19)12-20-11-13-6-4-3-5-7-13/h3-7,9-10,20H,2,8,11-12H2,1H3. The van der Waals surface area contributed by atoms with E-state index in [0.717, 1.165) is 46.4 Å². The van der Waals surface area contributed by atoms with E-state index in [0.29, 0.717) is 0 Å². The molecule has 0 fully saturated rings. The lowest BCUT2D eigenvalue weighted by molar-refractivity contribution is 0.311. The van der Waals surface area contributed by atoms with Gasteiger partial charge in [0.15, 0.2) is 0 Å². The molecule has 2 aromatic rings. The lowest BCUT2D eigenvalue weighted by atomic mass is 10.2. The summed E-state index contributed by atoms with van der Waals surface area (Å²) in [5, 5.41) is 3.47. The third kappa shape index (κ3) is 5.13. The predicted molar refractivity (Wildman–Crippen MR) is 94.6 cm³/mol. The molecule has 0 atom stereocenters. The topological polar surface area (TPSA) is 21.3 Å². The summed E-state index contributed by atoms with van der Waals surface area (Å²) in [6.07, 6.45) is 0.999. The number of hydrogen-bond acceptors (Lipinski definition) is 2. The van der Waals surface area contributed by atoms with E-state index >= 15 is 0 Å². The fourth-order valence-corrected chi connectivity index (χ4v) is 3.48. The van der Waals surface area contributed by atoms with E-state index in [2.05, 4.69) is 74.4 Å². The molecule has 0 spiro atoms. The quantitative estimate of drug-likeness (QED) is 0.666. The van der Waals surface area contributed by atoms with Gasteiger partial charge in [0.05, 0.1) is 11.1 Å². The summed E-state index contributed by atoms with van der Waals surface area (Å²) in [4.78, 5) is 0. The zero-order valence-corrected chi connectivity index (χ0v) is 15.2. The molecule has 2 rings (SSSR count). The lowest BCUT2D eigenvalue weighted by Crippen LogP contribution is -2.14. The van der Waals surface area contributed by atoms with Gasteiger partial charge < -0.3 is 10.1 Å². The van der Waals surface area contributed by atoms with E-state index in [1.54, 1.807) is 0 Å². The van der Waals surface area contributed by atoms with Gasteiger partial charge in [-0.15, -0.1) is 0 Å². The zero-order chi connectivity index (χ0) is 15.1. The van der Waals surface area contributed by atoms with Crippen LogP contribution < -0.4 is 10.1 Å². The summed E-state index contributed by atoms with van der Waals surface area (Å²) < 4.78 is 7.91. The molecule has 4 heteroatoms. The highest BCUT2D eigenvalue weighted by molar-refractivity contribution is 9.11. The summed E-state index contributed by atoms with van der Waals surface area (Å²) in [5.41, 5.74) is 2.43. The Morgan fingerprint density at radius 1 is 1.05 bits per heavy atom.